The Hall–Kier alpha value is -1.87. The van der Waals surface area contributed by atoms with Crippen molar-refractivity contribution in [2.75, 3.05) is 0 Å². The Kier molecular flexibility index (Phi) is 3.53. The molecule has 17 heavy (non-hydrogen) atoms. The largest absolute Gasteiger partial charge is 0.299 e. The van der Waals surface area contributed by atoms with Crippen LogP contribution in [-0.4, -0.2) is 5.78 Å². The van der Waals surface area contributed by atoms with E-state index >= 15 is 0 Å². The average Bonchev–Trinajstić information content (AvgIpc) is 2.30. The van der Waals surface area contributed by atoms with E-state index in [0.717, 1.165) is 0 Å². The molecule has 0 aliphatic heterocycles. The normalized spacial score (nSPS) is 18.8. The third-order valence-corrected chi connectivity index (χ3v) is 3.38. The molecule has 1 aliphatic carbocycles. The van der Waals surface area contributed by atoms with Gasteiger partial charge in [-0.25, -0.2) is 0 Å². The van der Waals surface area contributed by atoms with Gasteiger partial charge in [0.25, 0.3) is 0 Å². The first-order valence-electron chi connectivity index (χ1n) is 5.62. The third-order valence-electron chi connectivity index (χ3n) is 3.38. The molecule has 0 aromatic heterocycles. The van der Waals surface area contributed by atoms with Crippen LogP contribution in [0.15, 0.2) is 24.3 Å². The molecule has 0 bridgehead atoms. The topological polar surface area (TPSA) is 64.7 Å². The van der Waals surface area contributed by atoms with Crippen molar-refractivity contribution in [2.45, 2.75) is 33.1 Å². The van der Waals surface area contributed by atoms with E-state index in [2.05, 4.69) is 18.7 Å². The van der Waals surface area contributed by atoms with Crippen molar-refractivity contribution in [3.63, 3.8) is 0 Å². The van der Waals surface area contributed by atoms with Crippen molar-refractivity contribution < 1.29 is 4.79 Å². The fourth-order valence-electron chi connectivity index (χ4n) is 2.34. The number of Topliss-reactive ketones (excluding diaryl/α,β-unsaturated/α-hetero) is 1. The van der Waals surface area contributed by atoms with Crippen molar-refractivity contribution in [3.05, 3.63) is 24.3 Å². The summed E-state index contributed by atoms with van der Waals surface area (Å²) in [5, 5.41) is 18.6. The van der Waals surface area contributed by atoms with Crippen LogP contribution in [0, 0.1) is 33.5 Å². The molecule has 0 radical (unpaired) electrons. The Morgan fingerprint density at radius 3 is 2.59 bits per heavy atom. The molecule has 0 N–H and O–H groups in total. The van der Waals surface area contributed by atoms with E-state index in [-0.39, 0.29) is 12.2 Å². The van der Waals surface area contributed by atoms with E-state index in [4.69, 9.17) is 0 Å². The van der Waals surface area contributed by atoms with Gasteiger partial charge >= 0.3 is 0 Å². The first kappa shape index (κ1) is 13.2. The summed E-state index contributed by atoms with van der Waals surface area (Å²) < 4.78 is 0. The Labute approximate surface area is 102 Å². The summed E-state index contributed by atoms with van der Waals surface area (Å²) in [5.74, 6) is 0.0916. The van der Waals surface area contributed by atoms with Gasteiger partial charge in [-0.05, 0) is 25.8 Å². The summed E-state index contributed by atoms with van der Waals surface area (Å²) in [5.41, 5.74) is -1.35. The Morgan fingerprint density at radius 1 is 1.53 bits per heavy atom. The minimum atomic E-state index is -1.25. The van der Waals surface area contributed by atoms with Crippen LogP contribution < -0.4 is 0 Å². The maximum atomic E-state index is 11.9. The average molecular weight is 228 g/mol. The van der Waals surface area contributed by atoms with Crippen LogP contribution in [0.1, 0.15) is 33.1 Å². The second-order valence-corrected chi connectivity index (χ2v) is 4.83. The van der Waals surface area contributed by atoms with Gasteiger partial charge in [0.2, 0.25) is 0 Å². The van der Waals surface area contributed by atoms with Crippen LogP contribution in [0.25, 0.3) is 0 Å². The number of nitrogens with zero attached hydrogens (tertiary/aromatic N) is 2. The van der Waals surface area contributed by atoms with Gasteiger partial charge < -0.3 is 0 Å². The fourth-order valence-corrected chi connectivity index (χ4v) is 2.34. The lowest BCUT2D eigenvalue weighted by atomic mass is 9.63. The summed E-state index contributed by atoms with van der Waals surface area (Å²) in [7, 11) is 0. The number of carbonyl (C=O) groups is 1. The fraction of sp³-hybridized carbons (Fsp3) is 0.500. The molecule has 0 saturated carbocycles. The minimum absolute atomic E-state index is 0.0916. The Balaban J connectivity index is 3.35. The van der Waals surface area contributed by atoms with E-state index in [9.17, 15) is 15.3 Å². The molecular weight excluding hydrogens is 212 g/mol. The minimum Gasteiger partial charge on any atom is -0.299 e. The Morgan fingerprint density at radius 2 is 2.12 bits per heavy atom. The molecule has 0 atom stereocenters. The van der Waals surface area contributed by atoms with Crippen LogP contribution in [0.2, 0.25) is 0 Å². The number of ketones is 1. The molecule has 0 saturated heterocycles. The van der Waals surface area contributed by atoms with E-state index in [1.807, 2.05) is 6.08 Å². The SMILES string of the molecule is C=CCC(C#N)(C#N)C1=CCCC(=O)C1(C)C. The quantitative estimate of drug-likeness (QED) is 0.697. The Bertz CT molecular complexity index is 444. The van der Waals surface area contributed by atoms with Gasteiger partial charge in [-0.3, -0.25) is 4.79 Å². The van der Waals surface area contributed by atoms with Crippen molar-refractivity contribution in [2.24, 2.45) is 10.8 Å². The highest BCUT2D eigenvalue weighted by atomic mass is 16.1. The summed E-state index contributed by atoms with van der Waals surface area (Å²) in [4.78, 5) is 11.9. The van der Waals surface area contributed by atoms with E-state index < -0.39 is 10.8 Å². The zero-order chi connectivity index (χ0) is 13.1. The predicted molar refractivity (Wildman–Crippen MR) is 64.6 cm³/mol. The van der Waals surface area contributed by atoms with Crippen LogP contribution in [0.3, 0.4) is 0 Å². The van der Waals surface area contributed by atoms with Crippen LogP contribution in [0.4, 0.5) is 0 Å². The first-order valence-corrected chi connectivity index (χ1v) is 5.62. The molecule has 88 valence electrons. The third kappa shape index (κ3) is 2.01. The zero-order valence-corrected chi connectivity index (χ0v) is 10.3. The number of nitriles is 2. The molecule has 0 heterocycles. The maximum absolute atomic E-state index is 11.9. The summed E-state index contributed by atoms with van der Waals surface area (Å²) >= 11 is 0. The highest BCUT2D eigenvalue weighted by molar-refractivity contribution is 5.89. The smallest absolute Gasteiger partial charge is 0.169 e. The molecule has 0 spiro atoms. The molecule has 0 aromatic carbocycles. The number of allylic oxidation sites excluding steroid dienone is 3. The summed E-state index contributed by atoms with van der Waals surface area (Å²) in [6.07, 6.45) is 4.78. The molecular formula is C14H16N2O. The molecule has 0 amide bonds. The van der Waals surface area contributed by atoms with Crippen LogP contribution in [-0.2, 0) is 4.79 Å². The maximum Gasteiger partial charge on any atom is 0.169 e. The number of hydrogen-bond donors (Lipinski definition) is 0. The standard InChI is InChI=1S/C14H16N2O/c1-4-8-14(9-15,10-16)11-6-5-7-12(17)13(11,2)3/h4,6H,1,5,7-8H2,2-3H3. The summed E-state index contributed by atoms with van der Waals surface area (Å²) in [6.45, 7) is 7.16. The van der Waals surface area contributed by atoms with Crippen molar-refractivity contribution in [1.29, 1.82) is 10.5 Å². The number of hydrogen-bond acceptors (Lipinski definition) is 3. The van der Waals surface area contributed by atoms with Gasteiger partial charge in [0.15, 0.2) is 5.41 Å². The number of carbonyl (C=O) groups excluding carboxylic acids is 1. The molecule has 0 unspecified atom stereocenters. The lowest BCUT2D eigenvalue weighted by molar-refractivity contribution is -0.126. The van der Waals surface area contributed by atoms with Gasteiger partial charge in [0, 0.05) is 18.3 Å². The van der Waals surface area contributed by atoms with Gasteiger partial charge in [0.1, 0.15) is 5.78 Å². The lowest BCUT2D eigenvalue weighted by Crippen LogP contribution is -2.37. The monoisotopic (exact) mass is 228 g/mol. The van der Waals surface area contributed by atoms with E-state index in [0.29, 0.717) is 18.4 Å². The van der Waals surface area contributed by atoms with Crippen LogP contribution >= 0.6 is 0 Å². The lowest BCUT2D eigenvalue weighted by Gasteiger charge is -2.36. The molecule has 1 aliphatic rings. The van der Waals surface area contributed by atoms with Crippen LogP contribution in [0.5, 0.6) is 0 Å². The molecule has 0 fully saturated rings. The van der Waals surface area contributed by atoms with Gasteiger partial charge in [-0.1, -0.05) is 12.2 Å². The van der Waals surface area contributed by atoms with Crippen molar-refractivity contribution >= 4 is 5.78 Å². The van der Waals surface area contributed by atoms with Gasteiger partial charge in [0.05, 0.1) is 12.1 Å². The van der Waals surface area contributed by atoms with E-state index in [1.165, 1.54) is 0 Å². The first-order chi connectivity index (χ1) is 7.94. The van der Waals surface area contributed by atoms with Crippen molar-refractivity contribution in [3.8, 4) is 12.1 Å². The van der Waals surface area contributed by atoms with Crippen molar-refractivity contribution in [1.82, 2.24) is 0 Å². The van der Waals surface area contributed by atoms with Gasteiger partial charge in [-0.15, -0.1) is 6.58 Å². The zero-order valence-electron chi connectivity index (χ0n) is 10.3. The highest BCUT2D eigenvalue weighted by Gasteiger charge is 2.46. The van der Waals surface area contributed by atoms with Gasteiger partial charge in [-0.2, -0.15) is 10.5 Å². The molecule has 3 heteroatoms. The predicted octanol–water partition coefficient (Wildman–Crippen LogP) is 2.91. The highest BCUT2D eigenvalue weighted by Crippen LogP contribution is 2.45. The molecule has 1 rings (SSSR count). The molecule has 3 nitrogen and oxygen atoms in total. The molecule has 0 aromatic rings. The second kappa shape index (κ2) is 4.55. The van der Waals surface area contributed by atoms with E-state index in [1.54, 1.807) is 19.9 Å². The number of rotatable bonds is 3. The second-order valence-electron chi connectivity index (χ2n) is 4.83. The summed E-state index contributed by atoms with van der Waals surface area (Å²) in [6, 6.07) is 4.12.